The van der Waals surface area contributed by atoms with E-state index in [-0.39, 0.29) is 42.4 Å². The summed E-state index contributed by atoms with van der Waals surface area (Å²) in [4.78, 5) is 19.3. The van der Waals surface area contributed by atoms with Gasteiger partial charge < -0.3 is 19.3 Å². The van der Waals surface area contributed by atoms with E-state index < -0.39 is 23.3 Å². The van der Waals surface area contributed by atoms with Gasteiger partial charge in [0.1, 0.15) is 0 Å². The molecule has 0 fully saturated rings. The van der Waals surface area contributed by atoms with Crippen molar-refractivity contribution < 1.29 is 62.7 Å². The number of carbonyl (C=O) groups is 2. The van der Waals surface area contributed by atoms with Crippen LogP contribution in [0.5, 0.6) is 0 Å². The fraction of sp³-hybridized carbons (Fsp3) is 0.500. The van der Waals surface area contributed by atoms with E-state index in [0.717, 1.165) is 0 Å². The molecular formula is C4H7NaO7S. The van der Waals surface area contributed by atoms with Crippen LogP contribution in [0.1, 0.15) is 12.8 Å². The summed E-state index contributed by atoms with van der Waals surface area (Å²) in [6.07, 6.45) is -0.593. The average Bonchev–Trinajstić information content (AvgIpc) is 1.82. The molecule has 7 nitrogen and oxygen atoms in total. The van der Waals surface area contributed by atoms with Crippen molar-refractivity contribution in [3.05, 3.63) is 0 Å². The van der Waals surface area contributed by atoms with Crippen LogP contribution in [-0.4, -0.2) is 35.5 Å². The standard InChI is InChI=1S/C4H6O4.Na.H2O3S/c5-3(6)1-2-4(7)8;;1-4(2)3/h1-2H2,(H,5,6)(H,7,8);;(H2,1,2,3)/q;+1;/p-1. The van der Waals surface area contributed by atoms with Gasteiger partial charge >= 0.3 is 41.5 Å². The van der Waals surface area contributed by atoms with Crippen LogP contribution < -0.4 is 29.6 Å². The zero-order valence-corrected chi connectivity index (χ0v) is 9.61. The maximum atomic E-state index is 9.64. The van der Waals surface area contributed by atoms with Crippen molar-refractivity contribution in [3.63, 3.8) is 0 Å². The van der Waals surface area contributed by atoms with Crippen LogP contribution in [-0.2, 0) is 21.0 Å². The van der Waals surface area contributed by atoms with Gasteiger partial charge in [-0.2, -0.15) is 0 Å². The molecular weight excluding hydrogens is 215 g/mol. The molecule has 0 radical (unpaired) electrons. The summed E-state index contributed by atoms with van der Waals surface area (Å²) in [5.74, 6) is -2.15. The largest absolute Gasteiger partial charge is 1.00 e. The van der Waals surface area contributed by atoms with Gasteiger partial charge in [0, 0.05) is 0 Å². The Morgan fingerprint density at radius 1 is 1.15 bits per heavy atom. The van der Waals surface area contributed by atoms with Crippen LogP contribution >= 0.6 is 0 Å². The topological polar surface area (TPSA) is 135 Å². The number of hydrogen-bond acceptors (Lipinski definition) is 4. The van der Waals surface area contributed by atoms with E-state index in [0.29, 0.717) is 0 Å². The predicted octanol–water partition coefficient (Wildman–Crippen LogP) is -3.72. The van der Waals surface area contributed by atoms with Crippen LogP contribution in [0.25, 0.3) is 0 Å². The molecule has 1 unspecified atom stereocenters. The van der Waals surface area contributed by atoms with Gasteiger partial charge in [-0.15, -0.1) is 0 Å². The monoisotopic (exact) mass is 222 g/mol. The smallest absolute Gasteiger partial charge is 0.750 e. The second kappa shape index (κ2) is 12.0. The third-order valence-corrected chi connectivity index (χ3v) is 0.553. The van der Waals surface area contributed by atoms with Crippen LogP contribution in [0.15, 0.2) is 0 Å². The first-order valence-electron chi connectivity index (χ1n) is 2.58. The third kappa shape index (κ3) is 47.9. The Kier molecular flexibility index (Phi) is 17.3. The van der Waals surface area contributed by atoms with Gasteiger partial charge in [-0.25, -0.2) is 4.21 Å². The first-order chi connectivity index (χ1) is 5.36. The molecule has 0 aliphatic carbocycles. The van der Waals surface area contributed by atoms with Crippen LogP contribution in [0.4, 0.5) is 0 Å². The first-order valence-corrected chi connectivity index (χ1v) is 3.61. The number of carboxylic acid groups (broad SMARTS) is 2. The number of carboxylic acids is 2. The van der Waals surface area contributed by atoms with E-state index in [9.17, 15) is 9.59 Å². The molecule has 0 heterocycles. The number of hydrogen-bond donors (Lipinski definition) is 3. The van der Waals surface area contributed by atoms with Crippen molar-refractivity contribution in [1.29, 1.82) is 0 Å². The third-order valence-electron chi connectivity index (χ3n) is 0.553. The molecule has 0 aromatic carbocycles. The summed E-state index contributed by atoms with van der Waals surface area (Å²) in [6.45, 7) is 0. The van der Waals surface area contributed by atoms with Gasteiger partial charge in [-0.05, 0) is 0 Å². The quantitative estimate of drug-likeness (QED) is 0.330. The van der Waals surface area contributed by atoms with Crippen molar-refractivity contribution >= 4 is 23.3 Å². The Balaban J connectivity index is -0.000000173. The summed E-state index contributed by atoms with van der Waals surface area (Å²) < 4.78 is 24.1. The SMILES string of the molecule is O=C(O)CCC(=O)O.O=S([O-])O.[Na+]. The fourth-order valence-electron chi connectivity index (χ4n) is 0.214. The van der Waals surface area contributed by atoms with Crippen molar-refractivity contribution in [2.45, 2.75) is 12.8 Å². The molecule has 1 atom stereocenters. The number of rotatable bonds is 3. The molecule has 0 aliphatic rings. The molecule has 72 valence electrons. The molecule has 9 heteroatoms. The van der Waals surface area contributed by atoms with Crippen molar-refractivity contribution in [1.82, 2.24) is 0 Å². The van der Waals surface area contributed by atoms with Gasteiger partial charge in [-0.1, -0.05) is 0 Å². The average molecular weight is 222 g/mol. The van der Waals surface area contributed by atoms with E-state index in [2.05, 4.69) is 0 Å². The van der Waals surface area contributed by atoms with Crippen LogP contribution in [0.3, 0.4) is 0 Å². The summed E-state index contributed by atoms with van der Waals surface area (Å²) in [5.41, 5.74) is 0. The zero-order chi connectivity index (χ0) is 10.1. The second-order valence-electron chi connectivity index (χ2n) is 1.50. The Bertz CT molecular complexity index is 163. The number of aliphatic carboxylic acids is 2. The second-order valence-corrected chi connectivity index (χ2v) is 1.94. The first kappa shape index (κ1) is 18.7. The van der Waals surface area contributed by atoms with E-state index in [1.807, 2.05) is 0 Å². The maximum Gasteiger partial charge on any atom is 1.00 e. The zero-order valence-electron chi connectivity index (χ0n) is 6.80. The predicted molar refractivity (Wildman–Crippen MR) is 36.1 cm³/mol. The Labute approximate surface area is 98.5 Å². The molecule has 0 aliphatic heterocycles. The van der Waals surface area contributed by atoms with Crippen LogP contribution in [0, 0.1) is 0 Å². The molecule has 0 aromatic rings. The molecule has 3 N–H and O–H groups in total. The fourth-order valence-corrected chi connectivity index (χ4v) is 0.214. The Morgan fingerprint density at radius 2 is 1.31 bits per heavy atom. The molecule has 0 aromatic heterocycles. The summed E-state index contributed by atoms with van der Waals surface area (Å²) in [7, 11) is 0. The summed E-state index contributed by atoms with van der Waals surface area (Å²) in [6, 6.07) is 0. The summed E-state index contributed by atoms with van der Waals surface area (Å²) in [5, 5.41) is 15.8. The van der Waals surface area contributed by atoms with Crippen molar-refractivity contribution in [2.75, 3.05) is 0 Å². The Morgan fingerprint density at radius 3 is 1.38 bits per heavy atom. The molecule has 13 heavy (non-hydrogen) atoms. The van der Waals surface area contributed by atoms with Gasteiger partial charge in [0.15, 0.2) is 0 Å². The minimum Gasteiger partial charge on any atom is -0.750 e. The van der Waals surface area contributed by atoms with E-state index >= 15 is 0 Å². The van der Waals surface area contributed by atoms with E-state index in [1.54, 1.807) is 0 Å². The minimum absolute atomic E-state index is 0. The van der Waals surface area contributed by atoms with Crippen molar-refractivity contribution in [3.8, 4) is 0 Å². The van der Waals surface area contributed by atoms with E-state index in [1.165, 1.54) is 0 Å². The summed E-state index contributed by atoms with van der Waals surface area (Å²) >= 11 is -2.86. The van der Waals surface area contributed by atoms with Gasteiger partial charge in [0.2, 0.25) is 0 Å². The van der Waals surface area contributed by atoms with Gasteiger partial charge in [0.25, 0.3) is 0 Å². The van der Waals surface area contributed by atoms with Gasteiger partial charge in [0.05, 0.1) is 24.2 Å². The van der Waals surface area contributed by atoms with Crippen molar-refractivity contribution in [2.24, 2.45) is 0 Å². The van der Waals surface area contributed by atoms with E-state index in [4.69, 9.17) is 23.5 Å². The molecule has 0 bridgehead atoms. The molecule has 0 spiro atoms. The molecule has 0 rings (SSSR count). The molecule has 0 saturated carbocycles. The molecule has 0 saturated heterocycles. The maximum absolute atomic E-state index is 9.64. The molecule has 0 amide bonds. The van der Waals surface area contributed by atoms with Crippen LogP contribution in [0.2, 0.25) is 0 Å². The van der Waals surface area contributed by atoms with Gasteiger partial charge in [-0.3, -0.25) is 9.59 Å². The normalized spacial score (nSPS) is 10.0. The minimum atomic E-state index is -2.86. The Hall–Kier alpha value is 0.01000.